The highest BCUT2D eigenvalue weighted by atomic mass is 16.2. The van der Waals surface area contributed by atoms with Crippen molar-refractivity contribution in [1.29, 1.82) is 0 Å². The van der Waals surface area contributed by atoms with E-state index in [-0.39, 0.29) is 11.3 Å². The number of likely N-dealkylation sites (tertiary alicyclic amines) is 1. The topological polar surface area (TPSA) is 77.0 Å². The molecule has 3 heterocycles. The van der Waals surface area contributed by atoms with Crippen LogP contribution in [0.3, 0.4) is 0 Å². The van der Waals surface area contributed by atoms with Gasteiger partial charge in [0.15, 0.2) is 5.65 Å². The van der Waals surface area contributed by atoms with E-state index in [9.17, 15) is 4.79 Å². The number of hydrogen-bond acceptors (Lipinski definition) is 4. The predicted molar refractivity (Wildman–Crippen MR) is 80.9 cm³/mol. The normalized spacial score (nSPS) is 22.2. The van der Waals surface area contributed by atoms with E-state index in [0.29, 0.717) is 18.7 Å². The van der Waals surface area contributed by atoms with Gasteiger partial charge in [-0.1, -0.05) is 6.92 Å². The van der Waals surface area contributed by atoms with Gasteiger partial charge in [0.25, 0.3) is 5.91 Å². The molecule has 1 fully saturated rings. The average molecular weight is 287 g/mol. The van der Waals surface area contributed by atoms with Crippen LogP contribution in [0.2, 0.25) is 0 Å². The van der Waals surface area contributed by atoms with Gasteiger partial charge in [0.1, 0.15) is 0 Å². The van der Waals surface area contributed by atoms with Crippen LogP contribution in [-0.2, 0) is 7.05 Å². The first-order valence-electron chi connectivity index (χ1n) is 7.22. The monoisotopic (exact) mass is 287 g/mol. The Morgan fingerprint density at radius 1 is 1.52 bits per heavy atom. The first-order valence-corrected chi connectivity index (χ1v) is 7.22. The largest absolute Gasteiger partial charge is 0.338 e. The molecule has 0 aromatic carbocycles. The minimum Gasteiger partial charge on any atom is -0.338 e. The predicted octanol–water partition coefficient (Wildman–Crippen LogP) is 1.09. The number of hydrogen-bond donors (Lipinski definition) is 1. The fourth-order valence-electron chi connectivity index (χ4n) is 2.97. The van der Waals surface area contributed by atoms with Crippen molar-refractivity contribution >= 4 is 16.9 Å². The standard InChI is InChI=1S/C15H21N5O/c1-10-12-6-11(7-17-13(12)19(3)18-10)14(21)20-5-4-15(2,8-16)9-20/h6-7H,4-5,8-9,16H2,1-3H3. The second-order valence-electron chi connectivity index (χ2n) is 6.30. The number of aromatic nitrogens is 3. The van der Waals surface area contributed by atoms with E-state index >= 15 is 0 Å². The van der Waals surface area contributed by atoms with Gasteiger partial charge in [0.05, 0.1) is 11.3 Å². The second-order valence-corrected chi connectivity index (χ2v) is 6.30. The number of rotatable bonds is 2. The van der Waals surface area contributed by atoms with E-state index in [2.05, 4.69) is 17.0 Å². The Hall–Kier alpha value is -1.95. The molecule has 0 saturated carbocycles. The van der Waals surface area contributed by atoms with E-state index in [1.807, 2.05) is 24.9 Å². The molecule has 1 saturated heterocycles. The van der Waals surface area contributed by atoms with Gasteiger partial charge >= 0.3 is 0 Å². The fraction of sp³-hybridized carbons (Fsp3) is 0.533. The number of nitrogens with zero attached hydrogens (tertiary/aromatic N) is 4. The Bertz CT molecular complexity index is 707. The third-order valence-electron chi connectivity index (χ3n) is 4.45. The molecule has 3 rings (SSSR count). The zero-order valence-electron chi connectivity index (χ0n) is 12.8. The van der Waals surface area contributed by atoms with Crippen LogP contribution >= 0.6 is 0 Å². The summed E-state index contributed by atoms with van der Waals surface area (Å²) in [7, 11) is 1.86. The van der Waals surface area contributed by atoms with Crippen LogP contribution in [0.4, 0.5) is 0 Å². The van der Waals surface area contributed by atoms with Gasteiger partial charge < -0.3 is 10.6 Å². The molecule has 0 aliphatic carbocycles. The molecule has 1 amide bonds. The van der Waals surface area contributed by atoms with E-state index < -0.39 is 0 Å². The Labute approximate surface area is 123 Å². The van der Waals surface area contributed by atoms with Gasteiger partial charge in [-0.15, -0.1) is 0 Å². The minimum atomic E-state index is 0.0322. The molecule has 1 atom stereocenters. The molecule has 2 N–H and O–H groups in total. The van der Waals surface area contributed by atoms with Crippen molar-refractivity contribution in [2.45, 2.75) is 20.3 Å². The van der Waals surface area contributed by atoms with Crippen LogP contribution in [-0.4, -0.2) is 45.2 Å². The molecular formula is C15H21N5O. The maximum absolute atomic E-state index is 12.6. The molecule has 21 heavy (non-hydrogen) atoms. The lowest BCUT2D eigenvalue weighted by molar-refractivity contribution is 0.0776. The molecule has 6 heteroatoms. The third kappa shape index (κ3) is 2.29. The summed E-state index contributed by atoms with van der Waals surface area (Å²) in [6.45, 7) is 6.14. The van der Waals surface area contributed by atoms with Crippen molar-refractivity contribution in [3.63, 3.8) is 0 Å². The Balaban J connectivity index is 1.90. The summed E-state index contributed by atoms with van der Waals surface area (Å²) >= 11 is 0. The van der Waals surface area contributed by atoms with Gasteiger partial charge in [-0.3, -0.25) is 9.48 Å². The van der Waals surface area contributed by atoms with Crippen LogP contribution in [0.5, 0.6) is 0 Å². The van der Waals surface area contributed by atoms with Crippen molar-refractivity contribution < 1.29 is 4.79 Å². The average Bonchev–Trinajstić information content (AvgIpc) is 3.00. The van der Waals surface area contributed by atoms with Crippen LogP contribution in [0, 0.1) is 12.3 Å². The first kappa shape index (κ1) is 14.0. The zero-order chi connectivity index (χ0) is 15.2. The highest BCUT2D eigenvalue weighted by molar-refractivity contribution is 5.97. The molecule has 2 aromatic rings. The van der Waals surface area contributed by atoms with Crippen LogP contribution in [0.15, 0.2) is 12.3 Å². The quantitative estimate of drug-likeness (QED) is 0.897. The molecule has 1 unspecified atom stereocenters. The molecular weight excluding hydrogens is 266 g/mol. The molecule has 0 spiro atoms. The van der Waals surface area contributed by atoms with Crippen LogP contribution in [0.25, 0.3) is 11.0 Å². The second kappa shape index (κ2) is 4.80. The molecule has 1 aliphatic rings. The lowest BCUT2D eigenvalue weighted by Gasteiger charge is -2.22. The van der Waals surface area contributed by atoms with Gasteiger partial charge in [-0.2, -0.15) is 5.10 Å². The molecule has 0 bridgehead atoms. The smallest absolute Gasteiger partial charge is 0.255 e. The number of nitrogens with two attached hydrogens (primary N) is 1. The summed E-state index contributed by atoms with van der Waals surface area (Å²) in [5, 5.41) is 5.27. The maximum Gasteiger partial charge on any atom is 0.255 e. The number of fused-ring (bicyclic) bond motifs is 1. The summed E-state index contributed by atoms with van der Waals surface area (Å²) in [5.41, 5.74) is 8.16. The summed E-state index contributed by atoms with van der Waals surface area (Å²) < 4.78 is 1.74. The van der Waals surface area contributed by atoms with E-state index in [4.69, 9.17) is 5.73 Å². The highest BCUT2D eigenvalue weighted by Crippen LogP contribution is 2.29. The van der Waals surface area contributed by atoms with Crippen molar-refractivity contribution in [3.8, 4) is 0 Å². The molecule has 112 valence electrons. The Morgan fingerprint density at radius 2 is 2.29 bits per heavy atom. The van der Waals surface area contributed by atoms with Crippen molar-refractivity contribution in [3.05, 3.63) is 23.5 Å². The molecule has 6 nitrogen and oxygen atoms in total. The van der Waals surface area contributed by atoms with Crippen LogP contribution in [0.1, 0.15) is 29.4 Å². The van der Waals surface area contributed by atoms with Gasteiger partial charge in [-0.05, 0) is 31.4 Å². The molecule has 1 aliphatic heterocycles. The summed E-state index contributed by atoms with van der Waals surface area (Å²) in [5.74, 6) is 0.0322. The van der Waals surface area contributed by atoms with E-state index in [1.165, 1.54) is 0 Å². The van der Waals surface area contributed by atoms with Gasteiger partial charge in [0.2, 0.25) is 0 Å². The number of amides is 1. The Kier molecular flexibility index (Phi) is 3.20. The summed E-state index contributed by atoms with van der Waals surface area (Å²) in [6, 6.07) is 1.89. The lowest BCUT2D eigenvalue weighted by atomic mass is 9.90. The van der Waals surface area contributed by atoms with Crippen molar-refractivity contribution in [2.75, 3.05) is 19.6 Å². The van der Waals surface area contributed by atoms with Gasteiger partial charge in [0, 0.05) is 31.7 Å². The molecule has 2 aromatic heterocycles. The lowest BCUT2D eigenvalue weighted by Crippen LogP contribution is -2.34. The van der Waals surface area contributed by atoms with Crippen molar-refractivity contribution in [2.24, 2.45) is 18.2 Å². The summed E-state index contributed by atoms with van der Waals surface area (Å²) in [6.07, 6.45) is 2.60. The van der Waals surface area contributed by atoms with E-state index in [0.717, 1.165) is 29.7 Å². The number of carbonyl (C=O) groups is 1. The summed E-state index contributed by atoms with van der Waals surface area (Å²) in [4.78, 5) is 18.9. The maximum atomic E-state index is 12.6. The number of carbonyl (C=O) groups excluding carboxylic acids is 1. The molecule has 0 radical (unpaired) electrons. The number of pyridine rings is 1. The fourth-order valence-corrected chi connectivity index (χ4v) is 2.97. The van der Waals surface area contributed by atoms with E-state index in [1.54, 1.807) is 10.9 Å². The highest BCUT2D eigenvalue weighted by Gasteiger charge is 2.35. The zero-order valence-corrected chi connectivity index (χ0v) is 12.8. The minimum absolute atomic E-state index is 0.0322. The first-order chi connectivity index (χ1) is 9.93. The van der Waals surface area contributed by atoms with Crippen molar-refractivity contribution in [1.82, 2.24) is 19.7 Å². The number of aryl methyl sites for hydroxylation is 2. The SMILES string of the molecule is Cc1nn(C)c2ncc(C(=O)N3CCC(C)(CN)C3)cc12. The van der Waals surface area contributed by atoms with Gasteiger partial charge in [-0.25, -0.2) is 4.98 Å². The Morgan fingerprint density at radius 3 is 2.95 bits per heavy atom. The van der Waals surface area contributed by atoms with Crippen LogP contribution < -0.4 is 5.73 Å². The third-order valence-corrected chi connectivity index (χ3v) is 4.45.